The third-order valence-corrected chi connectivity index (χ3v) is 4.42. The molecule has 7 heteroatoms. The molecule has 1 aliphatic heterocycles. The van der Waals surface area contributed by atoms with Crippen molar-refractivity contribution in [3.8, 4) is 0 Å². The van der Waals surface area contributed by atoms with Gasteiger partial charge in [-0.2, -0.15) is 0 Å². The van der Waals surface area contributed by atoms with Crippen molar-refractivity contribution >= 4 is 23.6 Å². The van der Waals surface area contributed by atoms with Gasteiger partial charge in [-0.25, -0.2) is 0 Å². The Labute approximate surface area is 152 Å². The first-order valence-electron chi connectivity index (χ1n) is 8.84. The summed E-state index contributed by atoms with van der Waals surface area (Å²) in [5, 5.41) is 10.7. The van der Waals surface area contributed by atoms with Gasteiger partial charge in [-0.3, -0.25) is 19.2 Å². The molecule has 0 spiro atoms. The first kappa shape index (κ1) is 19.6. The Hall–Kier alpha value is -2.70. The molecule has 1 fully saturated rings. The van der Waals surface area contributed by atoms with E-state index >= 15 is 0 Å². The maximum absolute atomic E-state index is 12.4. The number of piperidine rings is 1. The highest BCUT2D eigenvalue weighted by molar-refractivity contribution is 6.19. The lowest BCUT2D eigenvalue weighted by Crippen LogP contribution is -2.52. The molecular formula is C19H24N2O5. The molecule has 0 aromatic heterocycles. The van der Waals surface area contributed by atoms with Crippen LogP contribution in [0.3, 0.4) is 0 Å². The average Bonchev–Trinajstić information content (AvgIpc) is 2.62. The predicted molar refractivity (Wildman–Crippen MR) is 94.3 cm³/mol. The van der Waals surface area contributed by atoms with Gasteiger partial charge in [0.1, 0.15) is 6.54 Å². The molecule has 1 heterocycles. The number of carboxylic acid groups (broad SMARTS) is 1. The van der Waals surface area contributed by atoms with Crippen LogP contribution in [0.2, 0.25) is 0 Å². The lowest BCUT2D eigenvalue weighted by Gasteiger charge is -2.30. The van der Waals surface area contributed by atoms with Crippen LogP contribution < -0.4 is 5.32 Å². The summed E-state index contributed by atoms with van der Waals surface area (Å²) in [6.45, 7) is 0.220. The Morgan fingerprint density at radius 1 is 1.12 bits per heavy atom. The van der Waals surface area contributed by atoms with Gasteiger partial charge >= 0.3 is 5.97 Å². The van der Waals surface area contributed by atoms with Crippen LogP contribution in [0.1, 0.15) is 31.2 Å². The van der Waals surface area contributed by atoms with Crippen molar-refractivity contribution in [1.29, 1.82) is 0 Å². The molecule has 2 amide bonds. The van der Waals surface area contributed by atoms with Crippen LogP contribution in [0.4, 0.5) is 0 Å². The number of hydrogen-bond donors (Lipinski definition) is 2. The molecule has 0 bridgehead atoms. The van der Waals surface area contributed by atoms with Crippen molar-refractivity contribution in [2.24, 2.45) is 5.92 Å². The molecule has 0 aliphatic carbocycles. The molecule has 2 rings (SSSR count). The second-order valence-electron chi connectivity index (χ2n) is 6.38. The lowest BCUT2D eigenvalue weighted by molar-refractivity contribution is -0.152. The number of nitrogens with zero attached hydrogens (tertiary/aromatic N) is 1. The summed E-state index contributed by atoms with van der Waals surface area (Å²) >= 11 is 0. The molecule has 26 heavy (non-hydrogen) atoms. The second-order valence-corrected chi connectivity index (χ2v) is 6.38. The van der Waals surface area contributed by atoms with E-state index in [1.807, 2.05) is 18.2 Å². The number of aryl methyl sites for hydroxylation is 1. The number of ketones is 1. The van der Waals surface area contributed by atoms with Crippen LogP contribution in [0.25, 0.3) is 0 Å². The van der Waals surface area contributed by atoms with Crippen LogP contribution >= 0.6 is 0 Å². The Bertz CT molecular complexity index is 659. The van der Waals surface area contributed by atoms with Crippen LogP contribution in [-0.4, -0.2) is 53.2 Å². The van der Waals surface area contributed by atoms with Crippen molar-refractivity contribution in [2.75, 3.05) is 19.6 Å². The number of rotatable bonds is 9. The normalized spacial score (nSPS) is 17.2. The van der Waals surface area contributed by atoms with Crippen molar-refractivity contribution in [3.05, 3.63) is 35.9 Å². The van der Waals surface area contributed by atoms with Gasteiger partial charge in [0.2, 0.25) is 11.8 Å². The summed E-state index contributed by atoms with van der Waals surface area (Å²) in [6, 6.07) is 10.2. The Morgan fingerprint density at radius 3 is 2.54 bits per heavy atom. The number of aliphatic carboxylic acids is 1. The molecular weight excluding hydrogens is 336 g/mol. The smallest absolute Gasteiger partial charge is 0.322 e. The van der Waals surface area contributed by atoms with E-state index in [4.69, 9.17) is 5.11 Å². The number of Topliss-reactive ketones (excluding diaryl/α,β-unsaturated/α-hetero) is 1. The van der Waals surface area contributed by atoms with Crippen LogP contribution in [0.15, 0.2) is 30.3 Å². The molecule has 1 aromatic carbocycles. The predicted octanol–water partition coefficient (Wildman–Crippen LogP) is 1.02. The average molecular weight is 360 g/mol. The summed E-state index contributed by atoms with van der Waals surface area (Å²) in [5.74, 6) is -4.42. The van der Waals surface area contributed by atoms with Gasteiger partial charge in [0.05, 0.1) is 0 Å². The van der Waals surface area contributed by atoms with E-state index in [2.05, 4.69) is 17.4 Å². The highest BCUT2D eigenvalue weighted by atomic mass is 16.4. The van der Waals surface area contributed by atoms with E-state index < -0.39 is 36.0 Å². The number of carbonyl (C=O) groups is 4. The minimum Gasteiger partial charge on any atom is -0.480 e. The van der Waals surface area contributed by atoms with E-state index in [1.54, 1.807) is 0 Å². The van der Waals surface area contributed by atoms with Crippen molar-refractivity contribution < 1.29 is 24.3 Å². The van der Waals surface area contributed by atoms with Crippen molar-refractivity contribution in [1.82, 2.24) is 10.2 Å². The third-order valence-electron chi connectivity index (χ3n) is 4.42. The maximum Gasteiger partial charge on any atom is 0.322 e. The lowest BCUT2D eigenvalue weighted by atomic mass is 9.94. The number of unbranched alkanes of at least 4 members (excludes halogenated alkanes) is 2. The SMILES string of the molecule is O=C(O)CNC(=O)C1C(=O)CCN(CCCCCc2ccccc2)C1=O. The number of hydrogen-bond acceptors (Lipinski definition) is 4. The molecule has 1 unspecified atom stereocenters. The molecule has 0 saturated carbocycles. The summed E-state index contributed by atoms with van der Waals surface area (Å²) < 4.78 is 0. The quantitative estimate of drug-likeness (QED) is 0.505. The topological polar surface area (TPSA) is 104 Å². The monoisotopic (exact) mass is 360 g/mol. The van der Waals surface area contributed by atoms with Crippen molar-refractivity contribution in [3.63, 3.8) is 0 Å². The largest absolute Gasteiger partial charge is 0.480 e. The number of carbonyl (C=O) groups excluding carboxylic acids is 3. The Balaban J connectivity index is 1.76. The van der Waals surface area contributed by atoms with Gasteiger partial charge in [0.25, 0.3) is 0 Å². The van der Waals surface area contributed by atoms with Crippen LogP contribution in [-0.2, 0) is 25.6 Å². The highest BCUT2D eigenvalue weighted by Gasteiger charge is 2.40. The zero-order valence-electron chi connectivity index (χ0n) is 14.6. The first-order chi connectivity index (χ1) is 12.5. The number of amides is 2. The molecule has 2 N–H and O–H groups in total. The van der Waals surface area contributed by atoms with E-state index in [1.165, 1.54) is 10.5 Å². The second kappa shape index (κ2) is 9.70. The molecule has 1 aliphatic rings. The fraction of sp³-hybridized carbons (Fsp3) is 0.474. The summed E-state index contributed by atoms with van der Waals surface area (Å²) in [6.07, 6.45) is 3.86. The standard InChI is InChI=1S/C19H24N2O5/c22-15-10-12-21(19(26)17(15)18(25)20-13-16(23)24)11-6-2-5-9-14-7-3-1-4-8-14/h1,3-4,7-8,17H,2,5-6,9-13H2,(H,20,25)(H,23,24). The fourth-order valence-electron chi connectivity index (χ4n) is 3.02. The number of benzene rings is 1. The van der Waals surface area contributed by atoms with Crippen molar-refractivity contribution in [2.45, 2.75) is 32.1 Å². The number of likely N-dealkylation sites (tertiary alicyclic amines) is 1. The number of carboxylic acids is 1. The summed E-state index contributed by atoms with van der Waals surface area (Å²) in [4.78, 5) is 48.3. The molecule has 1 saturated heterocycles. The van der Waals surface area contributed by atoms with Gasteiger partial charge in [-0.05, 0) is 24.8 Å². The summed E-state index contributed by atoms with van der Waals surface area (Å²) in [7, 11) is 0. The zero-order valence-corrected chi connectivity index (χ0v) is 14.6. The van der Waals surface area contributed by atoms with Crippen LogP contribution in [0, 0.1) is 5.92 Å². The van der Waals surface area contributed by atoms with Gasteiger partial charge < -0.3 is 15.3 Å². The van der Waals surface area contributed by atoms with Gasteiger partial charge in [-0.1, -0.05) is 36.8 Å². The highest BCUT2D eigenvalue weighted by Crippen LogP contribution is 2.16. The third kappa shape index (κ3) is 5.68. The molecule has 1 aromatic rings. The van der Waals surface area contributed by atoms with E-state index in [9.17, 15) is 19.2 Å². The molecule has 7 nitrogen and oxygen atoms in total. The van der Waals surface area contributed by atoms with Gasteiger partial charge in [0.15, 0.2) is 11.7 Å². The molecule has 0 radical (unpaired) electrons. The van der Waals surface area contributed by atoms with E-state index in [0.29, 0.717) is 13.1 Å². The van der Waals surface area contributed by atoms with E-state index in [-0.39, 0.29) is 6.42 Å². The summed E-state index contributed by atoms with van der Waals surface area (Å²) in [5.41, 5.74) is 1.28. The van der Waals surface area contributed by atoms with Gasteiger partial charge in [0, 0.05) is 19.5 Å². The van der Waals surface area contributed by atoms with E-state index in [0.717, 1.165) is 25.7 Å². The minimum absolute atomic E-state index is 0.126. The first-order valence-corrected chi connectivity index (χ1v) is 8.84. The molecule has 140 valence electrons. The zero-order chi connectivity index (χ0) is 18.9. The minimum atomic E-state index is -1.41. The fourth-order valence-corrected chi connectivity index (χ4v) is 3.02. The number of nitrogens with one attached hydrogen (secondary N) is 1. The Morgan fingerprint density at radius 2 is 1.85 bits per heavy atom. The molecule has 1 atom stereocenters. The van der Waals surface area contributed by atoms with Crippen LogP contribution in [0.5, 0.6) is 0 Å². The Kier molecular flexibility index (Phi) is 7.32. The van der Waals surface area contributed by atoms with Gasteiger partial charge in [-0.15, -0.1) is 0 Å². The maximum atomic E-state index is 12.4.